The van der Waals surface area contributed by atoms with Gasteiger partial charge in [-0.05, 0) is 32.3 Å². The molecule has 2 aromatic rings. The number of amides is 1. The van der Waals surface area contributed by atoms with Crippen molar-refractivity contribution in [3.8, 4) is 0 Å². The third-order valence-electron chi connectivity index (χ3n) is 4.77. The first-order chi connectivity index (χ1) is 13.0. The number of nitro benzene ring substituents is 1. The van der Waals surface area contributed by atoms with Crippen molar-refractivity contribution in [3.05, 3.63) is 38.9 Å². The van der Waals surface area contributed by atoms with Gasteiger partial charge in [-0.1, -0.05) is 0 Å². The minimum absolute atomic E-state index is 0.0518. The Bertz CT molecular complexity index is 885. The second kappa shape index (κ2) is 8.34. The summed E-state index contributed by atoms with van der Waals surface area (Å²) in [5.74, 6) is -0.525. The van der Waals surface area contributed by atoms with Crippen LogP contribution >= 0.6 is 0 Å². The van der Waals surface area contributed by atoms with E-state index in [-0.39, 0.29) is 23.3 Å². The smallest absolute Gasteiger partial charge is 0.407 e. The van der Waals surface area contributed by atoms with Crippen molar-refractivity contribution >= 4 is 22.7 Å². The first-order valence-corrected chi connectivity index (χ1v) is 9.16. The van der Waals surface area contributed by atoms with Gasteiger partial charge in [-0.25, -0.2) is 4.79 Å². The highest BCUT2D eigenvalue weighted by atomic mass is 16.6. The van der Waals surface area contributed by atoms with Crippen molar-refractivity contribution in [2.45, 2.75) is 45.3 Å². The summed E-state index contributed by atoms with van der Waals surface area (Å²) in [5, 5.41) is 10.8. The van der Waals surface area contributed by atoms with Crippen molar-refractivity contribution < 1.29 is 18.9 Å². The molecule has 0 saturated carbocycles. The van der Waals surface area contributed by atoms with Crippen LogP contribution in [0.25, 0.3) is 11.1 Å². The highest BCUT2D eigenvalue weighted by molar-refractivity contribution is 5.77. The van der Waals surface area contributed by atoms with Crippen molar-refractivity contribution in [3.63, 3.8) is 0 Å². The molecule has 1 aromatic carbocycles. The molecular formula is C18H23N3O6. The third kappa shape index (κ3) is 4.36. The molecule has 0 radical (unpaired) electrons. The van der Waals surface area contributed by atoms with E-state index in [4.69, 9.17) is 9.15 Å². The van der Waals surface area contributed by atoms with E-state index in [1.54, 1.807) is 0 Å². The van der Waals surface area contributed by atoms with Gasteiger partial charge in [0.15, 0.2) is 5.58 Å². The van der Waals surface area contributed by atoms with Crippen molar-refractivity contribution in [1.29, 1.82) is 0 Å². The van der Waals surface area contributed by atoms with Gasteiger partial charge < -0.3 is 14.1 Å². The van der Waals surface area contributed by atoms with E-state index >= 15 is 0 Å². The molecule has 27 heavy (non-hydrogen) atoms. The normalized spacial score (nSPS) is 17.4. The van der Waals surface area contributed by atoms with Crippen LogP contribution < -0.4 is 5.76 Å². The van der Waals surface area contributed by atoms with E-state index in [9.17, 15) is 19.7 Å². The Hall–Kier alpha value is -2.68. The van der Waals surface area contributed by atoms with E-state index in [1.165, 1.54) is 22.8 Å². The maximum absolute atomic E-state index is 12.4. The Morgan fingerprint density at radius 2 is 2.26 bits per heavy atom. The van der Waals surface area contributed by atoms with E-state index < -0.39 is 10.7 Å². The van der Waals surface area contributed by atoms with Crippen LogP contribution in [-0.2, 0) is 16.1 Å². The fourth-order valence-electron chi connectivity index (χ4n) is 3.46. The number of carbonyl (C=O) groups excluding carboxylic acids is 1. The summed E-state index contributed by atoms with van der Waals surface area (Å²) < 4.78 is 12.1. The van der Waals surface area contributed by atoms with Crippen LogP contribution in [0.15, 0.2) is 27.4 Å². The van der Waals surface area contributed by atoms with Crippen LogP contribution in [0.5, 0.6) is 0 Å². The molecule has 1 aliphatic rings. The molecule has 1 fully saturated rings. The lowest BCUT2D eigenvalue weighted by Gasteiger charge is -2.32. The molecule has 9 nitrogen and oxygen atoms in total. The van der Waals surface area contributed by atoms with Crippen LogP contribution in [0, 0.1) is 10.1 Å². The number of nitrogens with zero attached hydrogens (tertiary/aromatic N) is 3. The third-order valence-corrected chi connectivity index (χ3v) is 4.77. The molecular weight excluding hydrogens is 354 g/mol. The minimum atomic E-state index is -0.577. The molecule has 0 aliphatic carbocycles. The number of piperidine rings is 1. The fourth-order valence-corrected chi connectivity index (χ4v) is 3.46. The maximum atomic E-state index is 12.4. The molecule has 1 atom stereocenters. The Morgan fingerprint density at radius 1 is 1.44 bits per heavy atom. The van der Waals surface area contributed by atoms with Crippen LogP contribution in [-0.4, -0.2) is 46.1 Å². The highest BCUT2D eigenvalue weighted by Crippen LogP contribution is 2.20. The zero-order valence-electron chi connectivity index (χ0n) is 15.3. The number of oxazole rings is 1. The van der Waals surface area contributed by atoms with Crippen molar-refractivity contribution in [2.24, 2.45) is 0 Å². The number of hydrogen-bond acceptors (Lipinski definition) is 6. The van der Waals surface area contributed by atoms with Crippen LogP contribution in [0.3, 0.4) is 0 Å². The van der Waals surface area contributed by atoms with E-state index in [0.29, 0.717) is 38.1 Å². The first-order valence-electron chi connectivity index (χ1n) is 9.16. The number of rotatable bonds is 7. The summed E-state index contributed by atoms with van der Waals surface area (Å²) in [7, 11) is 0. The van der Waals surface area contributed by atoms with Crippen LogP contribution in [0.1, 0.15) is 32.6 Å². The number of carbonyl (C=O) groups is 1. The Balaban J connectivity index is 1.60. The monoisotopic (exact) mass is 377 g/mol. The quantitative estimate of drug-likeness (QED) is 0.541. The SMILES string of the molecule is CCOC1CCCN(C(=O)CCCn2c(=O)oc3cc([N+](=O)[O-])ccc32)C1. The number of likely N-dealkylation sites (tertiary alicyclic amines) is 1. The summed E-state index contributed by atoms with van der Waals surface area (Å²) in [6.07, 6.45) is 2.82. The number of aromatic nitrogens is 1. The van der Waals surface area contributed by atoms with Gasteiger partial charge in [0.2, 0.25) is 5.91 Å². The number of hydrogen-bond donors (Lipinski definition) is 0. The average molecular weight is 377 g/mol. The predicted molar refractivity (Wildman–Crippen MR) is 97.6 cm³/mol. The van der Waals surface area contributed by atoms with E-state index in [2.05, 4.69) is 0 Å². The molecule has 1 saturated heterocycles. The summed E-state index contributed by atoms with van der Waals surface area (Å²) in [5.41, 5.74) is 0.538. The molecule has 1 unspecified atom stereocenters. The highest BCUT2D eigenvalue weighted by Gasteiger charge is 2.23. The number of nitro groups is 1. The summed E-state index contributed by atoms with van der Waals surface area (Å²) >= 11 is 0. The molecule has 9 heteroatoms. The van der Waals surface area contributed by atoms with Gasteiger partial charge in [0, 0.05) is 38.7 Å². The topological polar surface area (TPSA) is 108 Å². The van der Waals surface area contributed by atoms with Crippen molar-refractivity contribution in [1.82, 2.24) is 9.47 Å². The molecule has 1 aromatic heterocycles. The van der Waals surface area contributed by atoms with Gasteiger partial charge in [0.05, 0.1) is 22.6 Å². The lowest BCUT2D eigenvalue weighted by atomic mass is 10.1. The van der Waals surface area contributed by atoms with Gasteiger partial charge in [0.1, 0.15) is 0 Å². The van der Waals surface area contributed by atoms with Gasteiger partial charge in [-0.15, -0.1) is 0 Å². The number of non-ortho nitro benzene ring substituents is 1. The summed E-state index contributed by atoms with van der Waals surface area (Å²) in [6.45, 7) is 4.26. The first kappa shape index (κ1) is 19.1. The fraction of sp³-hybridized carbons (Fsp3) is 0.556. The number of aryl methyl sites for hydroxylation is 1. The standard InChI is InChI=1S/C18H23N3O6/c1-2-26-14-5-3-9-19(12-14)17(22)6-4-10-20-15-8-7-13(21(24)25)11-16(15)27-18(20)23/h7-8,11,14H,2-6,9-10,12H2,1H3. The molecule has 1 amide bonds. The molecule has 1 aliphatic heterocycles. The Kier molecular flexibility index (Phi) is 5.90. The van der Waals surface area contributed by atoms with Crippen molar-refractivity contribution in [2.75, 3.05) is 19.7 Å². The number of ether oxygens (including phenoxy) is 1. The zero-order chi connectivity index (χ0) is 19.4. The molecule has 0 spiro atoms. The zero-order valence-corrected chi connectivity index (χ0v) is 15.3. The molecule has 0 bridgehead atoms. The van der Waals surface area contributed by atoms with E-state index in [0.717, 1.165) is 19.4 Å². The summed E-state index contributed by atoms with van der Waals surface area (Å²) in [6, 6.07) is 4.07. The lowest BCUT2D eigenvalue weighted by Crippen LogP contribution is -2.43. The van der Waals surface area contributed by atoms with Gasteiger partial charge >= 0.3 is 5.76 Å². The van der Waals surface area contributed by atoms with Gasteiger partial charge in [-0.3, -0.25) is 19.5 Å². The van der Waals surface area contributed by atoms with E-state index in [1.807, 2.05) is 11.8 Å². The second-order valence-electron chi connectivity index (χ2n) is 6.59. The van der Waals surface area contributed by atoms with Gasteiger partial charge in [-0.2, -0.15) is 0 Å². The second-order valence-corrected chi connectivity index (χ2v) is 6.59. The Labute approximate surface area is 155 Å². The average Bonchev–Trinajstić information content (AvgIpc) is 2.96. The molecule has 146 valence electrons. The molecule has 3 rings (SSSR count). The maximum Gasteiger partial charge on any atom is 0.419 e. The largest absolute Gasteiger partial charge is 0.419 e. The van der Waals surface area contributed by atoms with Crippen LogP contribution in [0.2, 0.25) is 0 Å². The lowest BCUT2D eigenvalue weighted by molar-refractivity contribution is -0.384. The molecule has 0 N–H and O–H groups in total. The van der Waals surface area contributed by atoms with Gasteiger partial charge in [0.25, 0.3) is 5.69 Å². The number of fused-ring (bicyclic) bond motifs is 1. The molecule has 2 heterocycles. The Morgan fingerprint density at radius 3 is 3.00 bits per heavy atom. The summed E-state index contributed by atoms with van der Waals surface area (Å²) in [4.78, 5) is 36.6. The minimum Gasteiger partial charge on any atom is -0.407 e. The predicted octanol–water partition coefficient (Wildman–Crippen LogP) is 2.31. The van der Waals surface area contributed by atoms with Crippen LogP contribution in [0.4, 0.5) is 5.69 Å². The number of benzene rings is 1.